The van der Waals surface area contributed by atoms with Gasteiger partial charge in [0.15, 0.2) is 0 Å². The summed E-state index contributed by atoms with van der Waals surface area (Å²) in [6.45, 7) is 2.03. The lowest BCUT2D eigenvalue weighted by atomic mass is 10.1. The molecule has 128 valence electrons. The molecule has 0 aliphatic rings. The Morgan fingerprint density at radius 2 is 1.83 bits per heavy atom. The van der Waals surface area contributed by atoms with Crippen LogP contribution in [0.25, 0.3) is 0 Å². The first kappa shape index (κ1) is 18.7. The first-order valence-electron chi connectivity index (χ1n) is 7.28. The number of benzene rings is 2. The molecule has 24 heavy (non-hydrogen) atoms. The van der Waals surface area contributed by atoms with E-state index in [9.17, 15) is 13.6 Å². The molecule has 2 aromatic rings. The van der Waals surface area contributed by atoms with Gasteiger partial charge in [0.1, 0.15) is 0 Å². The van der Waals surface area contributed by atoms with Gasteiger partial charge in [0.05, 0.1) is 6.54 Å². The van der Waals surface area contributed by atoms with Crippen molar-refractivity contribution in [3.05, 3.63) is 59.1 Å². The molecule has 0 unspecified atom stereocenters. The number of hydrogen-bond donors (Lipinski definition) is 2. The minimum Gasteiger partial charge on any atom is -0.325 e. The zero-order valence-corrected chi connectivity index (χ0v) is 14.5. The molecule has 2 aromatic carbocycles. The molecule has 3 nitrogen and oxygen atoms in total. The van der Waals surface area contributed by atoms with E-state index in [0.717, 1.165) is 5.56 Å². The second-order valence-electron chi connectivity index (χ2n) is 5.08. The van der Waals surface area contributed by atoms with Gasteiger partial charge in [-0.05, 0) is 42.8 Å². The van der Waals surface area contributed by atoms with Crippen LogP contribution in [0.2, 0.25) is 5.02 Å². The van der Waals surface area contributed by atoms with Crippen LogP contribution in [-0.2, 0) is 4.79 Å². The van der Waals surface area contributed by atoms with E-state index in [1.807, 2.05) is 25.1 Å². The lowest BCUT2D eigenvalue weighted by Crippen LogP contribution is -2.30. The maximum Gasteiger partial charge on any atom is 0.288 e. The van der Waals surface area contributed by atoms with Crippen molar-refractivity contribution >= 4 is 35.0 Å². The van der Waals surface area contributed by atoms with E-state index in [1.54, 1.807) is 30.3 Å². The first-order valence-corrected chi connectivity index (χ1v) is 8.54. The molecule has 1 amide bonds. The van der Waals surface area contributed by atoms with Crippen molar-refractivity contribution in [2.45, 2.75) is 23.6 Å². The van der Waals surface area contributed by atoms with Crippen LogP contribution < -0.4 is 10.6 Å². The molecule has 0 bridgehead atoms. The van der Waals surface area contributed by atoms with Gasteiger partial charge in [0, 0.05) is 21.6 Å². The number of rotatable bonds is 7. The summed E-state index contributed by atoms with van der Waals surface area (Å²) in [5.74, 6) is -2.68. The van der Waals surface area contributed by atoms with Gasteiger partial charge in [-0.15, -0.1) is 0 Å². The van der Waals surface area contributed by atoms with E-state index in [0.29, 0.717) is 27.4 Å². The van der Waals surface area contributed by atoms with Crippen LogP contribution in [0.4, 0.5) is 14.5 Å². The summed E-state index contributed by atoms with van der Waals surface area (Å²) < 4.78 is 24.5. The van der Waals surface area contributed by atoms with Gasteiger partial charge in [0.25, 0.3) is 5.76 Å². The van der Waals surface area contributed by atoms with Gasteiger partial charge in [-0.3, -0.25) is 4.79 Å². The number of halogens is 3. The lowest BCUT2D eigenvalue weighted by Gasteiger charge is -2.15. The fourth-order valence-corrected chi connectivity index (χ4v) is 2.91. The average Bonchev–Trinajstić information content (AvgIpc) is 2.54. The summed E-state index contributed by atoms with van der Waals surface area (Å²) in [6, 6.07) is 13.7. The molecule has 0 spiro atoms. The molecule has 0 heterocycles. The minimum absolute atomic E-state index is 0.0748. The van der Waals surface area contributed by atoms with Gasteiger partial charge in [-0.25, -0.2) is 0 Å². The number of thioether (sulfide) groups is 1. The summed E-state index contributed by atoms with van der Waals surface area (Å²) in [7, 11) is 0. The standard InChI is InChI=1S/C17H17ClF2N2OS/c1-11(14-4-2-3-5-15(14)18)21-10-16(23)22-12-6-8-13(9-7-12)24-17(19)20/h2-9,11,17,21H,10H2,1H3,(H,22,23)/t11-/m1/s1. The van der Waals surface area contributed by atoms with Gasteiger partial charge >= 0.3 is 0 Å². The molecule has 0 fully saturated rings. The summed E-state index contributed by atoms with van der Waals surface area (Å²) in [6.07, 6.45) is 0. The lowest BCUT2D eigenvalue weighted by molar-refractivity contribution is -0.115. The van der Waals surface area contributed by atoms with Gasteiger partial charge in [-0.2, -0.15) is 8.78 Å². The maximum absolute atomic E-state index is 12.3. The number of carbonyl (C=O) groups excluding carboxylic acids is 1. The molecule has 0 saturated heterocycles. The third-order valence-corrected chi connectivity index (χ3v) is 4.37. The van der Waals surface area contributed by atoms with E-state index in [4.69, 9.17) is 11.6 Å². The molecule has 0 aromatic heterocycles. The van der Waals surface area contributed by atoms with E-state index in [-0.39, 0.29) is 18.5 Å². The largest absolute Gasteiger partial charge is 0.325 e. The highest BCUT2D eigenvalue weighted by atomic mass is 35.5. The van der Waals surface area contributed by atoms with Crippen molar-refractivity contribution in [2.75, 3.05) is 11.9 Å². The molecule has 0 aliphatic heterocycles. The topological polar surface area (TPSA) is 41.1 Å². The van der Waals surface area contributed by atoms with E-state index in [1.165, 1.54) is 0 Å². The number of anilines is 1. The molecule has 2 rings (SSSR count). The van der Waals surface area contributed by atoms with Crippen LogP contribution in [0.1, 0.15) is 18.5 Å². The second-order valence-corrected chi connectivity index (χ2v) is 6.55. The number of nitrogens with one attached hydrogen (secondary N) is 2. The summed E-state index contributed by atoms with van der Waals surface area (Å²) in [4.78, 5) is 12.4. The predicted molar refractivity (Wildman–Crippen MR) is 94.8 cm³/mol. The summed E-state index contributed by atoms with van der Waals surface area (Å²) in [5.41, 5.74) is 1.48. The van der Waals surface area contributed by atoms with Crippen molar-refractivity contribution in [1.82, 2.24) is 5.32 Å². The Hall–Kier alpha value is -1.63. The Balaban J connectivity index is 1.84. The third-order valence-electron chi connectivity index (χ3n) is 3.30. The normalized spacial score (nSPS) is 12.2. The SMILES string of the molecule is C[C@@H](NCC(=O)Nc1ccc(SC(F)F)cc1)c1ccccc1Cl. The van der Waals surface area contributed by atoms with Crippen LogP contribution in [0, 0.1) is 0 Å². The van der Waals surface area contributed by atoms with Crippen molar-refractivity contribution in [3.8, 4) is 0 Å². The Kier molecular flexibility index (Phi) is 7.02. The van der Waals surface area contributed by atoms with Gasteiger partial charge in [0.2, 0.25) is 5.91 Å². The molecular formula is C17H17ClF2N2OS. The monoisotopic (exact) mass is 370 g/mol. The Labute approximate surface area is 148 Å². The highest BCUT2D eigenvalue weighted by molar-refractivity contribution is 7.99. The highest BCUT2D eigenvalue weighted by Gasteiger charge is 2.11. The summed E-state index contributed by atoms with van der Waals surface area (Å²) >= 11 is 6.59. The van der Waals surface area contributed by atoms with Crippen LogP contribution >= 0.6 is 23.4 Å². The average molecular weight is 371 g/mol. The van der Waals surface area contributed by atoms with Crippen molar-refractivity contribution in [1.29, 1.82) is 0 Å². The van der Waals surface area contributed by atoms with Crippen molar-refractivity contribution < 1.29 is 13.6 Å². The van der Waals surface area contributed by atoms with Gasteiger partial charge < -0.3 is 10.6 Å². The maximum atomic E-state index is 12.3. The van der Waals surface area contributed by atoms with E-state index >= 15 is 0 Å². The third kappa shape index (κ3) is 5.78. The van der Waals surface area contributed by atoms with Crippen molar-refractivity contribution in [2.24, 2.45) is 0 Å². The Bertz CT molecular complexity index is 683. The molecular weight excluding hydrogens is 354 g/mol. The molecule has 2 N–H and O–H groups in total. The molecule has 0 radical (unpaired) electrons. The van der Waals surface area contributed by atoms with Crippen molar-refractivity contribution in [3.63, 3.8) is 0 Å². The van der Waals surface area contributed by atoms with E-state index in [2.05, 4.69) is 10.6 Å². The second kappa shape index (κ2) is 9.01. The fraction of sp³-hybridized carbons (Fsp3) is 0.235. The fourth-order valence-electron chi connectivity index (χ4n) is 2.11. The molecule has 1 atom stereocenters. The van der Waals surface area contributed by atoms with Crippen LogP contribution in [-0.4, -0.2) is 18.2 Å². The minimum atomic E-state index is -2.46. The smallest absolute Gasteiger partial charge is 0.288 e. The molecule has 7 heteroatoms. The number of carbonyl (C=O) groups is 1. The summed E-state index contributed by atoms with van der Waals surface area (Å²) in [5, 5.41) is 6.45. The van der Waals surface area contributed by atoms with E-state index < -0.39 is 5.76 Å². The molecule has 0 saturated carbocycles. The quantitative estimate of drug-likeness (QED) is 0.678. The highest BCUT2D eigenvalue weighted by Crippen LogP contribution is 2.26. The number of amides is 1. The molecule has 0 aliphatic carbocycles. The Morgan fingerprint density at radius 1 is 1.17 bits per heavy atom. The zero-order chi connectivity index (χ0) is 17.5. The first-order chi connectivity index (χ1) is 11.5. The Morgan fingerprint density at radius 3 is 2.46 bits per heavy atom. The van der Waals surface area contributed by atoms with Crippen LogP contribution in [0.5, 0.6) is 0 Å². The zero-order valence-electron chi connectivity index (χ0n) is 12.9. The predicted octanol–water partition coefficient (Wildman–Crippen LogP) is 4.94. The number of alkyl halides is 2. The van der Waals surface area contributed by atoms with Crippen LogP contribution in [0.15, 0.2) is 53.4 Å². The van der Waals surface area contributed by atoms with Gasteiger partial charge in [-0.1, -0.05) is 41.6 Å². The van der Waals surface area contributed by atoms with Crippen LogP contribution in [0.3, 0.4) is 0 Å². The number of hydrogen-bond acceptors (Lipinski definition) is 3.